The fourth-order valence-electron chi connectivity index (χ4n) is 12.6. The number of anilines is 9. The normalized spacial score (nSPS) is 16.4. The van der Waals surface area contributed by atoms with Gasteiger partial charge in [-0.2, -0.15) is 0 Å². The van der Waals surface area contributed by atoms with Crippen molar-refractivity contribution in [2.24, 2.45) is 0 Å². The van der Waals surface area contributed by atoms with E-state index < -0.39 is 0 Å². The van der Waals surface area contributed by atoms with Gasteiger partial charge in [0, 0.05) is 51.2 Å². The van der Waals surface area contributed by atoms with Crippen LogP contribution >= 0.6 is 0 Å². The van der Waals surface area contributed by atoms with E-state index in [2.05, 4.69) is 212 Å². The zero-order valence-corrected chi connectivity index (χ0v) is 36.6. The highest BCUT2D eigenvalue weighted by atomic mass is 15.2. The summed E-state index contributed by atoms with van der Waals surface area (Å²) in [7, 11) is 0. The van der Waals surface area contributed by atoms with Gasteiger partial charge >= 0.3 is 0 Å². The predicted octanol–water partition coefficient (Wildman–Crippen LogP) is 13.3. The van der Waals surface area contributed by atoms with E-state index in [1.165, 1.54) is 114 Å². The first-order chi connectivity index (χ1) is 30.7. The molecule has 0 unspecified atom stereocenters. The highest BCUT2D eigenvalue weighted by molar-refractivity contribution is 7.00. The van der Waals surface area contributed by atoms with Crippen molar-refractivity contribution in [2.75, 3.05) is 14.7 Å². The van der Waals surface area contributed by atoms with Crippen molar-refractivity contribution in [1.29, 1.82) is 0 Å². The molecule has 4 heteroatoms. The molecule has 0 radical (unpaired) electrons. The first-order valence-electron chi connectivity index (χ1n) is 23.0. The molecule has 0 aromatic heterocycles. The minimum atomic E-state index is 0.0737. The Kier molecular flexibility index (Phi) is 7.82. The van der Waals surface area contributed by atoms with Crippen LogP contribution in [0.3, 0.4) is 0 Å². The van der Waals surface area contributed by atoms with Crippen molar-refractivity contribution in [3.05, 3.63) is 203 Å². The molecule has 0 amide bonds. The van der Waals surface area contributed by atoms with Crippen molar-refractivity contribution < 1.29 is 0 Å². The van der Waals surface area contributed by atoms with E-state index in [-0.39, 0.29) is 17.5 Å². The van der Waals surface area contributed by atoms with E-state index in [4.69, 9.17) is 0 Å². The second kappa shape index (κ2) is 13.4. The number of aryl methyl sites for hydroxylation is 2. The molecule has 63 heavy (non-hydrogen) atoms. The Morgan fingerprint density at radius 2 is 1.05 bits per heavy atom. The highest BCUT2D eigenvalue weighted by Crippen LogP contribution is 2.53. The lowest BCUT2D eigenvalue weighted by atomic mass is 9.33. The van der Waals surface area contributed by atoms with Crippen LogP contribution in [-0.4, -0.2) is 6.71 Å². The Labute approximate surface area is 372 Å². The Balaban J connectivity index is 1.03. The molecule has 8 aromatic carbocycles. The minimum Gasteiger partial charge on any atom is -0.311 e. The fourth-order valence-corrected chi connectivity index (χ4v) is 12.6. The van der Waals surface area contributed by atoms with Crippen LogP contribution in [0, 0.1) is 0 Å². The van der Waals surface area contributed by atoms with Crippen LogP contribution in [0.2, 0.25) is 0 Å². The van der Waals surface area contributed by atoms with Crippen molar-refractivity contribution in [3.63, 3.8) is 0 Å². The molecule has 0 N–H and O–H groups in total. The number of benzene rings is 8. The molecule has 0 saturated heterocycles. The van der Waals surface area contributed by atoms with Gasteiger partial charge in [-0.05, 0) is 189 Å². The molecule has 0 bridgehead atoms. The molecule has 3 aliphatic carbocycles. The molecule has 8 aromatic rings. The molecule has 0 atom stereocenters. The lowest BCUT2D eigenvalue weighted by molar-refractivity contribution is 0.403. The number of fused-ring (bicyclic) bond motifs is 9. The summed E-state index contributed by atoms with van der Waals surface area (Å²) in [6.45, 7) is 9.93. The van der Waals surface area contributed by atoms with Crippen LogP contribution in [0.1, 0.15) is 73.9 Å². The van der Waals surface area contributed by atoms with E-state index in [1.807, 2.05) is 0 Å². The van der Waals surface area contributed by atoms with Gasteiger partial charge in [0.05, 0.1) is 0 Å². The monoisotopic (exact) mass is 811 g/mol. The zero-order valence-electron chi connectivity index (χ0n) is 36.6. The molecular weight excluding hydrogens is 761 g/mol. The van der Waals surface area contributed by atoms with E-state index in [0.29, 0.717) is 0 Å². The van der Waals surface area contributed by atoms with E-state index in [9.17, 15) is 0 Å². The summed E-state index contributed by atoms with van der Waals surface area (Å²) in [5, 5.41) is 0. The molecule has 0 spiro atoms. The van der Waals surface area contributed by atoms with Gasteiger partial charge in [-0.15, -0.1) is 0 Å². The van der Waals surface area contributed by atoms with Gasteiger partial charge in [0.25, 0.3) is 6.71 Å². The van der Waals surface area contributed by atoms with E-state index >= 15 is 0 Å². The number of rotatable bonds is 5. The molecule has 13 rings (SSSR count). The fraction of sp³-hybridized carbons (Fsp3) is 0.186. The summed E-state index contributed by atoms with van der Waals surface area (Å²) in [4.78, 5) is 7.59. The van der Waals surface area contributed by atoms with Crippen molar-refractivity contribution in [3.8, 4) is 11.1 Å². The van der Waals surface area contributed by atoms with Crippen molar-refractivity contribution in [1.82, 2.24) is 0 Å². The third kappa shape index (κ3) is 5.46. The van der Waals surface area contributed by atoms with Crippen molar-refractivity contribution in [2.45, 2.75) is 70.6 Å². The van der Waals surface area contributed by atoms with Crippen LogP contribution in [0.5, 0.6) is 0 Å². The summed E-state index contributed by atoms with van der Waals surface area (Å²) < 4.78 is 0. The number of para-hydroxylation sites is 3. The molecule has 2 aliphatic heterocycles. The molecule has 2 heterocycles. The molecule has 5 aliphatic rings. The average Bonchev–Trinajstić information content (AvgIpc) is 3.97. The minimum absolute atomic E-state index is 0.0737. The number of nitrogens with zero attached hydrogens (tertiary/aromatic N) is 3. The Morgan fingerprint density at radius 3 is 1.76 bits per heavy atom. The first-order valence-corrected chi connectivity index (χ1v) is 23.0. The maximum Gasteiger partial charge on any atom is 0.252 e. The van der Waals surface area contributed by atoms with Crippen LogP contribution in [0.4, 0.5) is 51.2 Å². The summed E-state index contributed by atoms with van der Waals surface area (Å²) in [6.07, 6.45) is 5.62. The van der Waals surface area contributed by atoms with Crippen LogP contribution < -0.4 is 31.1 Å². The molecule has 0 saturated carbocycles. The Morgan fingerprint density at radius 1 is 0.444 bits per heavy atom. The predicted molar refractivity (Wildman–Crippen MR) is 266 cm³/mol. The largest absolute Gasteiger partial charge is 0.311 e. The molecular formula is C59H50BN3. The maximum absolute atomic E-state index is 2.65. The van der Waals surface area contributed by atoms with Gasteiger partial charge < -0.3 is 14.7 Å². The van der Waals surface area contributed by atoms with Crippen LogP contribution in [0.15, 0.2) is 170 Å². The van der Waals surface area contributed by atoms with Crippen LogP contribution in [0.25, 0.3) is 11.1 Å². The van der Waals surface area contributed by atoms with E-state index in [1.54, 1.807) is 0 Å². The SMILES string of the molecule is CC1(C)CC(C)(C)c2cc3c(cc21)B1c2cc4c(cc2N(c2ccccc2)c2cccc(c21)N3c1ccc2c(c1)CCC2)-c1ccc(N(c2ccccc2)c2ccccc2)cc1C4. The summed E-state index contributed by atoms with van der Waals surface area (Å²) in [5.74, 6) is 0. The van der Waals surface area contributed by atoms with Gasteiger partial charge in [0.2, 0.25) is 0 Å². The Bertz CT molecular complexity index is 3130. The van der Waals surface area contributed by atoms with Crippen LogP contribution in [-0.2, 0) is 30.1 Å². The summed E-state index contributed by atoms with van der Waals surface area (Å²) in [6, 6.07) is 64.6. The first kappa shape index (κ1) is 36.8. The zero-order chi connectivity index (χ0) is 42.2. The lowest BCUT2D eigenvalue weighted by Crippen LogP contribution is -2.61. The number of hydrogen-bond acceptors (Lipinski definition) is 3. The smallest absolute Gasteiger partial charge is 0.252 e. The van der Waals surface area contributed by atoms with Gasteiger partial charge in [-0.3, -0.25) is 0 Å². The molecule has 3 nitrogen and oxygen atoms in total. The summed E-state index contributed by atoms with van der Waals surface area (Å²) >= 11 is 0. The third-order valence-electron chi connectivity index (χ3n) is 15.1. The van der Waals surface area contributed by atoms with Gasteiger partial charge in [-0.1, -0.05) is 113 Å². The second-order valence-electron chi connectivity index (χ2n) is 19.9. The van der Waals surface area contributed by atoms with Gasteiger partial charge in [-0.25, -0.2) is 0 Å². The maximum atomic E-state index is 2.65. The molecule has 304 valence electrons. The quantitative estimate of drug-likeness (QED) is 0.160. The lowest BCUT2D eigenvalue weighted by Gasteiger charge is -2.45. The molecule has 0 fully saturated rings. The van der Waals surface area contributed by atoms with Crippen molar-refractivity contribution >= 4 is 74.3 Å². The topological polar surface area (TPSA) is 9.72 Å². The third-order valence-corrected chi connectivity index (χ3v) is 15.1. The van der Waals surface area contributed by atoms with E-state index in [0.717, 1.165) is 30.6 Å². The summed E-state index contributed by atoms with van der Waals surface area (Å²) in [5.41, 5.74) is 27.0. The Hall–Kier alpha value is -6.78. The van der Waals surface area contributed by atoms with Gasteiger partial charge in [0.1, 0.15) is 0 Å². The highest BCUT2D eigenvalue weighted by Gasteiger charge is 2.48. The average molecular weight is 812 g/mol. The second-order valence-corrected chi connectivity index (χ2v) is 19.9. The van der Waals surface area contributed by atoms with Gasteiger partial charge in [0.15, 0.2) is 0 Å². The standard InChI is InChI=1S/C59H50BN3/c1-58(2)37-59(3,4)50-36-56-52(35-49(50)58)60-51-33-41-30-40-32-45(61(42-18-8-5-9-19-42)43-20-10-6-11-21-43)28-29-47(40)48(41)34-55(51)62(44-22-12-7-13-23-44)53-24-15-25-54(57(53)60)63(56)46-27-26-38-16-14-17-39(38)31-46/h5-13,15,18-29,31-36H,14,16-17,30,37H2,1-4H3. The number of hydrogen-bond donors (Lipinski definition) is 0.